The Kier molecular flexibility index (Phi) is 5.41. The quantitative estimate of drug-likeness (QED) is 0.405. The van der Waals surface area contributed by atoms with Crippen LogP contribution >= 0.6 is 11.8 Å². The smallest absolute Gasteiger partial charge is 0.273 e. The number of nitrogens with one attached hydrogen (secondary N) is 1. The van der Waals surface area contributed by atoms with E-state index in [2.05, 4.69) is 10.4 Å². The average Bonchev–Trinajstić information content (AvgIpc) is 2.64. The van der Waals surface area contributed by atoms with Crippen LogP contribution in [0.25, 0.3) is 10.9 Å². The number of carbonyl (C=O) groups is 1. The number of rotatable bonds is 4. The molecule has 0 aliphatic heterocycles. The van der Waals surface area contributed by atoms with Gasteiger partial charge >= 0.3 is 6.18 Å². The van der Waals surface area contributed by atoms with Crippen LogP contribution in [0.4, 0.5) is 17.6 Å². The highest BCUT2D eigenvalue weighted by Crippen LogP contribution is 2.30. The molecule has 1 heterocycles. The zero-order valence-electron chi connectivity index (χ0n) is 14.4. The van der Waals surface area contributed by atoms with Crippen molar-refractivity contribution < 1.29 is 22.4 Å². The van der Waals surface area contributed by atoms with Gasteiger partial charge in [-0.3, -0.25) is 15.0 Å². The molecule has 0 aliphatic carbocycles. The van der Waals surface area contributed by atoms with Gasteiger partial charge in [0.15, 0.2) is 5.16 Å². The van der Waals surface area contributed by atoms with Crippen LogP contribution < -0.4 is 11.0 Å². The first kappa shape index (κ1) is 19.9. The summed E-state index contributed by atoms with van der Waals surface area (Å²) in [6, 6.07) is 7.89. The molecule has 0 bridgehead atoms. The summed E-state index contributed by atoms with van der Waals surface area (Å²) in [5.74, 6) is -1.00. The second-order valence-electron chi connectivity index (χ2n) is 5.81. The second-order valence-corrected chi connectivity index (χ2v) is 6.58. The van der Waals surface area contributed by atoms with Crippen molar-refractivity contribution in [1.82, 2.24) is 9.66 Å². The number of aromatic nitrogens is 2. The van der Waals surface area contributed by atoms with E-state index in [9.17, 15) is 27.2 Å². The van der Waals surface area contributed by atoms with Crippen molar-refractivity contribution in [1.29, 1.82) is 0 Å². The molecule has 1 amide bonds. The largest absolute Gasteiger partial charge is 0.416 e. The zero-order valence-corrected chi connectivity index (χ0v) is 15.2. The maximum Gasteiger partial charge on any atom is 0.416 e. The van der Waals surface area contributed by atoms with Gasteiger partial charge in [0.05, 0.1) is 22.9 Å². The van der Waals surface area contributed by atoms with Crippen molar-refractivity contribution in [3.63, 3.8) is 0 Å². The van der Waals surface area contributed by atoms with Gasteiger partial charge in [0.2, 0.25) is 5.91 Å². The topological polar surface area (TPSA) is 64.0 Å². The average molecular weight is 411 g/mol. The molecule has 2 aromatic carbocycles. The molecule has 0 aliphatic rings. The number of thioether (sulfide) groups is 1. The number of alkyl halides is 3. The Morgan fingerprint density at radius 2 is 1.86 bits per heavy atom. The molecule has 146 valence electrons. The lowest BCUT2D eigenvalue weighted by atomic mass is 10.1. The van der Waals surface area contributed by atoms with Gasteiger partial charge in [-0.05, 0) is 42.2 Å². The van der Waals surface area contributed by atoms with E-state index in [0.29, 0.717) is 5.56 Å². The standard InChI is InChI=1S/C18H13F4N3O2S/c1-28-17-23-14-9-11(18(20,21)22)4-7-13(14)16(27)25(17)24-15(26)8-10-2-5-12(19)6-3-10/h2-7,9H,8H2,1H3,(H,24,26). The molecule has 28 heavy (non-hydrogen) atoms. The van der Waals surface area contributed by atoms with Crippen LogP contribution in [0.2, 0.25) is 0 Å². The van der Waals surface area contributed by atoms with E-state index >= 15 is 0 Å². The fourth-order valence-corrected chi connectivity index (χ4v) is 3.03. The first-order valence-electron chi connectivity index (χ1n) is 7.91. The number of hydrogen-bond donors (Lipinski definition) is 1. The first-order valence-corrected chi connectivity index (χ1v) is 9.14. The van der Waals surface area contributed by atoms with Crippen LogP contribution in [0.3, 0.4) is 0 Å². The van der Waals surface area contributed by atoms with Gasteiger partial charge in [-0.15, -0.1) is 0 Å². The molecule has 10 heteroatoms. The summed E-state index contributed by atoms with van der Waals surface area (Å²) in [5.41, 5.74) is 1.19. The van der Waals surface area contributed by atoms with Gasteiger partial charge in [0.1, 0.15) is 5.82 Å². The minimum atomic E-state index is -4.56. The molecular weight excluding hydrogens is 398 g/mol. The minimum absolute atomic E-state index is 0.0317. The molecule has 0 saturated carbocycles. The van der Waals surface area contributed by atoms with Crippen molar-refractivity contribution in [2.45, 2.75) is 17.8 Å². The fraction of sp³-hybridized carbons (Fsp3) is 0.167. The van der Waals surface area contributed by atoms with E-state index < -0.39 is 29.0 Å². The molecule has 0 saturated heterocycles. The maximum atomic E-state index is 12.9. The Morgan fingerprint density at radius 3 is 2.46 bits per heavy atom. The van der Waals surface area contributed by atoms with Crippen molar-refractivity contribution >= 4 is 28.6 Å². The number of fused-ring (bicyclic) bond motifs is 1. The molecule has 1 aromatic heterocycles. The van der Waals surface area contributed by atoms with Crippen molar-refractivity contribution in [2.24, 2.45) is 0 Å². The Morgan fingerprint density at radius 1 is 1.18 bits per heavy atom. The van der Waals surface area contributed by atoms with E-state index in [0.717, 1.165) is 34.6 Å². The normalized spacial score (nSPS) is 11.6. The van der Waals surface area contributed by atoms with Crippen LogP contribution in [0, 0.1) is 5.82 Å². The monoisotopic (exact) mass is 411 g/mol. The summed E-state index contributed by atoms with van der Waals surface area (Å²) in [5, 5.41) is -0.0304. The lowest BCUT2D eigenvalue weighted by Crippen LogP contribution is -2.35. The molecule has 0 spiro atoms. The van der Waals surface area contributed by atoms with Crippen molar-refractivity contribution in [3.8, 4) is 0 Å². The summed E-state index contributed by atoms with van der Waals surface area (Å²) < 4.78 is 52.5. The third kappa shape index (κ3) is 4.16. The van der Waals surface area contributed by atoms with E-state index in [4.69, 9.17) is 0 Å². The van der Waals surface area contributed by atoms with E-state index in [1.165, 1.54) is 24.3 Å². The highest BCUT2D eigenvalue weighted by Gasteiger charge is 2.31. The third-order valence-electron chi connectivity index (χ3n) is 3.86. The van der Waals surface area contributed by atoms with Gasteiger partial charge in [0, 0.05) is 0 Å². The van der Waals surface area contributed by atoms with E-state index in [-0.39, 0.29) is 22.5 Å². The predicted molar refractivity (Wildman–Crippen MR) is 97.3 cm³/mol. The maximum absolute atomic E-state index is 12.9. The summed E-state index contributed by atoms with van der Waals surface area (Å²) in [7, 11) is 0. The van der Waals surface area contributed by atoms with Gasteiger partial charge in [0.25, 0.3) is 5.56 Å². The van der Waals surface area contributed by atoms with Crippen LogP contribution in [-0.2, 0) is 17.4 Å². The SMILES string of the molecule is CSc1nc2cc(C(F)(F)F)ccc2c(=O)n1NC(=O)Cc1ccc(F)cc1. The number of amides is 1. The van der Waals surface area contributed by atoms with Gasteiger partial charge < -0.3 is 0 Å². The molecule has 1 N–H and O–H groups in total. The van der Waals surface area contributed by atoms with Crippen molar-refractivity contribution in [3.05, 3.63) is 69.8 Å². The molecular formula is C18H13F4N3O2S. The molecule has 0 radical (unpaired) electrons. The number of benzene rings is 2. The fourth-order valence-electron chi connectivity index (χ4n) is 2.53. The molecule has 5 nitrogen and oxygen atoms in total. The molecule has 3 rings (SSSR count). The van der Waals surface area contributed by atoms with Crippen LogP contribution in [0.1, 0.15) is 11.1 Å². The summed E-state index contributed by atoms with van der Waals surface area (Å²) in [4.78, 5) is 29.0. The Bertz CT molecular complexity index is 1090. The van der Waals surface area contributed by atoms with Crippen LogP contribution in [-0.4, -0.2) is 21.8 Å². The zero-order chi connectivity index (χ0) is 20.5. The highest BCUT2D eigenvalue weighted by molar-refractivity contribution is 7.98. The summed E-state index contributed by atoms with van der Waals surface area (Å²) in [6.45, 7) is 0. The predicted octanol–water partition coefficient (Wildman–Crippen LogP) is 3.59. The van der Waals surface area contributed by atoms with Crippen LogP contribution in [0.15, 0.2) is 52.4 Å². The van der Waals surface area contributed by atoms with Gasteiger partial charge in [-0.2, -0.15) is 17.8 Å². The second kappa shape index (κ2) is 7.63. The Balaban J connectivity index is 1.96. The minimum Gasteiger partial charge on any atom is -0.273 e. The molecule has 3 aromatic rings. The summed E-state index contributed by atoms with van der Waals surface area (Å²) in [6.07, 6.45) is -3.11. The molecule has 0 unspecified atom stereocenters. The lowest BCUT2D eigenvalue weighted by Gasteiger charge is -2.14. The highest BCUT2D eigenvalue weighted by atomic mass is 32.2. The number of halogens is 4. The lowest BCUT2D eigenvalue weighted by molar-refractivity contribution is -0.137. The van der Waals surface area contributed by atoms with Crippen LogP contribution in [0.5, 0.6) is 0 Å². The number of hydrogen-bond acceptors (Lipinski definition) is 4. The van der Waals surface area contributed by atoms with Crippen molar-refractivity contribution in [2.75, 3.05) is 11.7 Å². The molecule has 0 atom stereocenters. The van der Waals surface area contributed by atoms with E-state index in [1.807, 2.05) is 0 Å². The third-order valence-corrected chi connectivity index (χ3v) is 4.50. The summed E-state index contributed by atoms with van der Waals surface area (Å²) >= 11 is 0.994. The first-order chi connectivity index (χ1) is 13.2. The number of carbonyl (C=O) groups excluding carboxylic acids is 1. The number of nitrogens with zero attached hydrogens (tertiary/aromatic N) is 2. The van der Waals surface area contributed by atoms with Gasteiger partial charge in [-0.25, -0.2) is 9.37 Å². The Hall–Kier alpha value is -2.88. The Labute approximate surface area is 160 Å². The molecule has 0 fully saturated rings. The van der Waals surface area contributed by atoms with E-state index in [1.54, 1.807) is 6.26 Å². The van der Waals surface area contributed by atoms with Gasteiger partial charge in [-0.1, -0.05) is 23.9 Å².